The lowest BCUT2D eigenvalue weighted by molar-refractivity contribution is -0.384. The first-order valence-electron chi connectivity index (χ1n) is 6.20. The number of halogens is 1. The number of non-ortho nitro benzene ring substituents is 1. The van der Waals surface area contributed by atoms with Crippen molar-refractivity contribution in [1.29, 1.82) is 0 Å². The molecule has 0 amide bonds. The van der Waals surface area contributed by atoms with E-state index in [0.29, 0.717) is 23.4 Å². The predicted molar refractivity (Wildman–Crippen MR) is 75.9 cm³/mol. The Morgan fingerprint density at radius 1 is 1.42 bits per heavy atom. The highest BCUT2D eigenvalue weighted by Crippen LogP contribution is 2.29. The maximum absolute atomic E-state index is 10.7. The summed E-state index contributed by atoms with van der Waals surface area (Å²) in [5.74, 6) is 0.644. The molecular formula is C13H19ClN2O3. The van der Waals surface area contributed by atoms with Gasteiger partial charge in [-0.05, 0) is 6.07 Å². The minimum Gasteiger partial charge on any atom is -0.491 e. The van der Waals surface area contributed by atoms with Gasteiger partial charge in [-0.3, -0.25) is 10.1 Å². The molecule has 0 aliphatic rings. The molecule has 0 spiro atoms. The van der Waals surface area contributed by atoms with Gasteiger partial charge in [0.25, 0.3) is 5.69 Å². The number of hydrogen-bond acceptors (Lipinski definition) is 4. The Balaban J connectivity index is 2.57. The second-order valence-electron chi connectivity index (χ2n) is 4.85. The van der Waals surface area contributed by atoms with Gasteiger partial charge in [-0.15, -0.1) is 0 Å². The highest BCUT2D eigenvalue weighted by Gasteiger charge is 2.12. The molecule has 0 saturated heterocycles. The SMILES string of the molecule is CC(CNC(C)C)COc1cc([N+](=O)[O-])ccc1Cl. The van der Waals surface area contributed by atoms with Crippen molar-refractivity contribution in [3.63, 3.8) is 0 Å². The summed E-state index contributed by atoms with van der Waals surface area (Å²) in [4.78, 5) is 10.2. The molecule has 0 aliphatic heterocycles. The quantitative estimate of drug-likeness (QED) is 0.617. The highest BCUT2D eigenvalue weighted by molar-refractivity contribution is 6.32. The first-order valence-corrected chi connectivity index (χ1v) is 6.58. The first kappa shape index (κ1) is 15.7. The Labute approximate surface area is 118 Å². The van der Waals surface area contributed by atoms with Gasteiger partial charge in [-0.1, -0.05) is 32.4 Å². The third kappa shape index (κ3) is 5.44. The molecule has 0 aliphatic carbocycles. The van der Waals surface area contributed by atoms with Crippen molar-refractivity contribution >= 4 is 17.3 Å². The van der Waals surface area contributed by atoms with Crippen LogP contribution >= 0.6 is 11.6 Å². The second-order valence-corrected chi connectivity index (χ2v) is 5.26. The van der Waals surface area contributed by atoms with Crippen LogP contribution in [-0.2, 0) is 0 Å². The van der Waals surface area contributed by atoms with Crippen LogP contribution in [0.3, 0.4) is 0 Å². The molecule has 5 nitrogen and oxygen atoms in total. The van der Waals surface area contributed by atoms with Crippen molar-refractivity contribution in [2.24, 2.45) is 5.92 Å². The van der Waals surface area contributed by atoms with Gasteiger partial charge >= 0.3 is 0 Å². The van der Waals surface area contributed by atoms with E-state index in [9.17, 15) is 10.1 Å². The molecule has 0 bridgehead atoms. The Kier molecular flexibility index (Phi) is 6.05. The summed E-state index contributed by atoms with van der Waals surface area (Å²) in [6, 6.07) is 4.61. The van der Waals surface area contributed by atoms with Crippen LogP contribution in [-0.4, -0.2) is 24.1 Å². The Bertz CT molecular complexity index is 438. The zero-order valence-corrected chi connectivity index (χ0v) is 12.1. The number of ether oxygens (including phenoxy) is 1. The molecule has 19 heavy (non-hydrogen) atoms. The Morgan fingerprint density at radius 2 is 2.11 bits per heavy atom. The van der Waals surface area contributed by atoms with Crippen LogP contribution in [0.1, 0.15) is 20.8 Å². The number of nitro groups is 1. The van der Waals surface area contributed by atoms with E-state index in [1.807, 2.05) is 6.92 Å². The molecule has 0 radical (unpaired) electrons. The molecule has 1 rings (SSSR count). The molecule has 0 heterocycles. The number of nitrogens with one attached hydrogen (secondary N) is 1. The van der Waals surface area contributed by atoms with E-state index < -0.39 is 4.92 Å². The lowest BCUT2D eigenvalue weighted by Gasteiger charge is -2.16. The maximum Gasteiger partial charge on any atom is 0.273 e. The van der Waals surface area contributed by atoms with Crippen LogP contribution in [0, 0.1) is 16.0 Å². The van der Waals surface area contributed by atoms with E-state index in [-0.39, 0.29) is 11.6 Å². The monoisotopic (exact) mass is 286 g/mol. The minimum absolute atomic E-state index is 0.0210. The molecule has 1 unspecified atom stereocenters. The molecular weight excluding hydrogens is 268 g/mol. The van der Waals surface area contributed by atoms with Crippen LogP contribution < -0.4 is 10.1 Å². The zero-order chi connectivity index (χ0) is 14.4. The van der Waals surface area contributed by atoms with Crippen molar-refractivity contribution in [3.8, 4) is 5.75 Å². The molecule has 1 N–H and O–H groups in total. The van der Waals surface area contributed by atoms with Gasteiger partial charge in [0, 0.05) is 24.6 Å². The molecule has 6 heteroatoms. The molecule has 106 valence electrons. The average molecular weight is 287 g/mol. The van der Waals surface area contributed by atoms with Gasteiger partial charge in [0.15, 0.2) is 0 Å². The van der Waals surface area contributed by atoms with E-state index >= 15 is 0 Å². The van der Waals surface area contributed by atoms with Crippen molar-refractivity contribution in [1.82, 2.24) is 5.32 Å². The number of benzene rings is 1. The van der Waals surface area contributed by atoms with Crippen LogP contribution in [0.15, 0.2) is 18.2 Å². The molecule has 0 saturated carbocycles. The van der Waals surface area contributed by atoms with E-state index in [1.165, 1.54) is 18.2 Å². The average Bonchev–Trinajstić information content (AvgIpc) is 2.35. The van der Waals surface area contributed by atoms with E-state index in [2.05, 4.69) is 19.2 Å². The van der Waals surface area contributed by atoms with Crippen molar-refractivity contribution < 1.29 is 9.66 Å². The molecule has 0 fully saturated rings. The summed E-state index contributed by atoms with van der Waals surface area (Å²) in [5, 5.41) is 14.4. The number of nitrogens with zero attached hydrogens (tertiary/aromatic N) is 1. The molecule has 1 atom stereocenters. The first-order chi connectivity index (χ1) is 8.90. The lowest BCUT2D eigenvalue weighted by atomic mass is 10.2. The van der Waals surface area contributed by atoms with Gasteiger partial charge in [-0.2, -0.15) is 0 Å². The van der Waals surface area contributed by atoms with E-state index in [1.54, 1.807) is 0 Å². The number of nitro benzene ring substituents is 1. The summed E-state index contributed by atoms with van der Waals surface area (Å²) in [6.45, 7) is 7.47. The summed E-state index contributed by atoms with van der Waals surface area (Å²) >= 11 is 5.95. The standard InChI is InChI=1S/C13H19ClN2O3/c1-9(2)15-7-10(3)8-19-13-6-11(16(17)18)4-5-12(13)14/h4-6,9-10,15H,7-8H2,1-3H3. The van der Waals surface area contributed by atoms with Gasteiger partial charge in [0.1, 0.15) is 5.75 Å². The lowest BCUT2D eigenvalue weighted by Crippen LogP contribution is -2.30. The zero-order valence-electron chi connectivity index (χ0n) is 11.4. The van der Waals surface area contributed by atoms with Crippen LogP contribution in [0.5, 0.6) is 5.75 Å². The van der Waals surface area contributed by atoms with Gasteiger partial charge in [0.2, 0.25) is 0 Å². The smallest absolute Gasteiger partial charge is 0.273 e. The third-order valence-corrected chi connectivity index (χ3v) is 2.84. The fourth-order valence-corrected chi connectivity index (χ4v) is 1.62. The van der Waals surface area contributed by atoms with Gasteiger partial charge in [-0.25, -0.2) is 0 Å². The van der Waals surface area contributed by atoms with Crippen LogP contribution in [0.2, 0.25) is 5.02 Å². The van der Waals surface area contributed by atoms with E-state index in [4.69, 9.17) is 16.3 Å². The fraction of sp³-hybridized carbons (Fsp3) is 0.538. The van der Waals surface area contributed by atoms with E-state index in [0.717, 1.165) is 6.54 Å². The predicted octanol–water partition coefficient (Wildman–Crippen LogP) is 3.26. The Hall–Kier alpha value is -1.33. The highest BCUT2D eigenvalue weighted by atomic mass is 35.5. The number of rotatable bonds is 7. The Morgan fingerprint density at radius 3 is 2.68 bits per heavy atom. The van der Waals surface area contributed by atoms with Crippen LogP contribution in [0.25, 0.3) is 0 Å². The molecule has 1 aromatic rings. The largest absolute Gasteiger partial charge is 0.491 e. The van der Waals surface area contributed by atoms with Gasteiger partial charge < -0.3 is 10.1 Å². The van der Waals surface area contributed by atoms with Crippen molar-refractivity contribution in [3.05, 3.63) is 33.3 Å². The summed E-state index contributed by atoms with van der Waals surface area (Å²) in [7, 11) is 0. The second kappa shape index (κ2) is 7.31. The van der Waals surface area contributed by atoms with Crippen molar-refractivity contribution in [2.75, 3.05) is 13.2 Å². The topological polar surface area (TPSA) is 64.4 Å². The number of hydrogen-bond donors (Lipinski definition) is 1. The summed E-state index contributed by atoms with van der Waals surface area (Å²) < 4.78 is 5.55. The minimum atomic E-state index is -0.465. The van der Waals surface area contributed by atoms with Gasteiger partial charge in [0.05, 0.1) is 22.6 Å². The third-order valence-electron chi connectivity index (χ3n) is 2.52. The summed E-state index contributed by atoms with van der Waals surface area (Å²) in [5.41, 5.74) is -0.0210. The molecule has 0 aromatic heterocycles. The molecule has 1 aromatic carbocycles. The van der Waals surface area contributed by atoms with Crippen molar-refractivity contribution in [2.45, 2.75) is 26.8 Å². The normalized spacial score (nSPS) is 12.5. The maximum atomic E-state index is 10.7. The summed E-state index contributed by atoms with van der Waals surface area (Å²) in [6.07, 6.45) is 0. The fourth-order valence-electron chi connectivity index (χ4n) is 1.44. The van der Waals surface area contributed by atoms with Crippen LogP contribution in [0.4, 0.5) is 5.69 Å².